The molecule has 9 heteroatoms. The van der Waals surface area contributed by atoms with Crippen molar-refractivity contribution >= 4 is 21.9 Å². The van der Waals surface area contributed by atoms with Gasteiger partial charge in [0.1, 0.15) is 12.4 Å². The lowest BCUT2D eigenvalue weighted by Crippen LogP contribution is -2.32. The van der Waals surface area contributed by atoms with Crippen LogP contribution in [-0.2, 0) is 19.6 Å². The number of carbonyl (C=O) groups excluding carboxylic acids is 2. The molecule has 1 aliphatic rings. The fourth-order valence-electron chi connectivity index (χ4n) is 3.36. The highest BCUT2D eigenvalue weighted by Crippen LogP contribution is 2.21. The maximum absolute atomic E-state index is 12.9. The van der Waals surface area contributed by atoms with Crippen LogP contribution in [0.15, 0.2) is 59.5 Å². The van der Waals surface area contributed by atoms with Gasteiger partial charge >= 0.3 is 5.97 Å². The quantitative estimate of drug-likeness (QED) is 0.456. The number of sulfonamides is 1. The van der Waals surface area contributed by atoms with Crippen LogP contribution in [0, 0.1) is 0 Å². The molecule has 0 bridgehead atoms. The molecule has 1 saturated heterocycles. The van der Waals surface area contributed by atoms with Crippen molar-refractivity contribution in [2.45, 2.75) is 30.6 Å². The monoisotopic (exact) mass is 460 g/mol. The van der Waals surface area contributed by atoms with Gasteiger partial charge in [0, 0.05) is 13.1 Å². The van der Waals surface area contributed by atoms with Crippen LogP contribution in [0.4, 0.5) is 0 Å². The molecule has 1 fully saturated rings. The minimum Gasteiger partial charge on any atom is -0.492 e. The van der Waals surface area contributed by atoms with Crippen LogP contribution in [-0.4, -0.2) is 57.4 Å². The number of para-hydroxylation sites is 1. The van der Waals surface area contributed by atoms with Crippen LogP contribution in [0.25, 0.3) is 0 Å². The fourth-order valence-corrected chi connectivity index (χ4v) is 4.92. The molecule has 2 aromatic rings. The van der Waals surface area contributed by atoms with E-state index in [9.17, 15) is 18.0 Å². The highest BCUT2D eigenvalue weighted by molar-refractivity contribution is 7.89. The summed E-state index contributed by atoms with van der Waals surface area (Å²) in [7, 11) is -3.68. The Morgan fingerprint density at radius 1 is 0.938 bits per heavy atom. The first-order valence-electron chi connectivity index (χ1n) is 10.7. The fraction of sp³-hybridized carbons (Fsp3) is 0.391. The summed E-state index contributed by atoms with van der Waals surface area (Å²) in [6, 6.07) is 14.9. The molecule has 8 nitrogen and oxygen atoms in total. The molecule has 1 aliphatic heterocycles. The number of rotatable bonds is 9. The predicted octanol–water partition coefficient (Wildman–Crippen LogP) is 2.60. The molecular weight excluding hydrogens is 432 g/mol. The van der Waals surface area contributed by atoms with Crippen molar-refractivity contribution in [2.24, 2.45) is 0 Å². The third kappa shape index (κ3) is 6.80. The standard InChI is InChI=1S/C23H28N2O6S/c26-22(24-13-16-30-20-10-4-3-5-11-20)18-31-23(27)19-9-8-12-21(17-19)32(28,29)25-14-6-1-2-7-15-25/h3-5,8-12,17H,1-2,6-7,13-16,18H2,(H,24,26). The number of benzene rings is 2. The van der Waals surface area contributed by atoms with E-state index < -0.39 is 28.5 Å². The van der Waals surface area contributed by atoms with Gasteiger partial charge in [-0.3, -0.25) is 4.79 Å². The number of amides is 1. The molecule has 0 aromatic heterocycles. The zero-order valence-electron chi connectivity index (χ0n) is 17.9. The Hall–Kier alpha value is -2.91. The van der Waals surface area contributed by atoms with Crippen molar-refractivity contribution in [1.82, 2.24) is 9.62 Å². The number of nitrogens with one attached hydrogen (secondary N) is 1. The van der Waals surface area contributed by atoms with E-state index in [-0.39, 0.29) is 23.6 Å². The van der Waals surface area contributed by atoms with Gasteiger partial charge in [-0.15, -0.1) is 0 Å². The Morgan fingerprint density at radius 2 is 1.66 bits per heavy atom. The van der Waals surface area contributed by atoms with Crippen molar-refractivity contribution in [2.75, 3.05) is 32.8 Å². The zero-order chi connectivity index (χ0) is 22.8. The number of esters is 1. The Labute approximate surface area is 188 Å². The Morgan fingerprint density at radius 3 is 2.38 bits per heavy atom. The lowest BCUT2D eigenvalue weighted by molar-refractivity contribution is -0.124. The number of carbonyl (C=O) groups is 2. The van der Waals surface area contributed by atoms with Gasteiger partial charge in [0.2, 0.25) is 10.0 Å². The third-order valence-electron chi connectivity index (χ3n) is 5.04. The average Bonchev–Trinajstić information content (AvgIpc) is 3.11. The summed E-state index contributed by atoms with van der Waals surface area (Å²) in [5.74, 6) is -0.528. The molecule has 0 spiro atoms. The van der Waals surface area contributed by atoms with Gasteiger partial charge in [-0.1, -0.05) is 37.1 Å². The molecule has 0 unspecified atom stereocenters. The lowest BCUT2D eigenvalue weighted by atomic mass is 10.2. The molecule has 0 radical (unpaired) electrons. The van der Waals surface area contributed by atoms with Gasteiger partial charge in [0.15, 0.2) is 6.61 Å². The van der Waals surface area contributed by atoms with Crippen LogP contribution in [0.5, 0.6) is 5.75 Å². The summed E-state index contributed by atoms with van der Waals surface area (Å²) in [6.07, 6.45) is 3.68. The summed E-state index contributed by atoms with van der Waals surface area (Å²) in [6.45, 7) is 1.03. The second-order valence-electron chi connectivity index (χ2n) is 7.43. The minimum absolute atomic E-state index is 0.0522. The van der Waals surface area contributed by atoms with Crippen LogP contribution in [0.2, 0.25) is 0 Å². The highest BCUT2D eigenvalue weighted by Gasteiger charge is 2.26. The molecule has 172 valence electrons. The predicted molar refractivity (Wildman–Crippen MR) is 119 cm³/mol. The van der Waals surface area contributed by atoms with E-state index in [1.165, 1.54) is 28.6 Å². The topological polar surface area (TPSA) is 102 Å². The van der Waals surface area contributed by atoms with Gasteiger partial charge in [0.25, 0.3) is 5.91 Å². The molecule has 1 amide bonds. The van der Waals surface area contributed by atoms with E-state index in [2.05, 4.69) is 5.32 Å². The van der Waals surface area contributed by atoms with E-state index >= 15 is 0 Å². The summed E-state index contributed by atoms with van der Waals surface area (Å²) in [5.41, 5.74) is 0.0844. The van der Waals surface area contributed by atoms with E-state index in [1.54, 1.807) is 0 Å². The van der Waals surface area contributed by atoms with Crippen LogP contribution >= 0.6 is 0 Å². The third-order valence-corrected chi connectivity index (χ3v) is 6.94. The molecule has 3 rings (SSSR count). The Bertz CT molecular complexity index is 1000. The molecule has 1 heterocycles. The molecule has 2 aromatic carbocycles. The first kappa shape index (κ1) is 23.7. The molecular formula is C23H28N2O6S. The van der Waals surface area contributed by atoms with Crippen LogP contribution in [0.3, 0.4) is 0 Å². The van der Waals surface area contributed by atoms with Crippen molar-refractivity contribution in [1.29, 1.82) is 0 Å². The van der Waals surface area contributed by atoms with E-state index in [0.717, 1.165) is 25.7 Å². The SMILES string of the molecule is O=C(COC(=O)c1cccc(S(=O)(=O)N2CCCCCC2)c1)NCCOc1ccccc1. The van der Waals surface area contributed by atoms with Crippen molar-refractivity contribution in [3.63, 3.8) is 0 Å². The molecule has 0 aliphatic carbocycles. The van der Waals surface area contributed by atoms with Gasteiger partial charge < -0.3 is 14.8 Å². The zero-order valence-corrected chi connectivity index (χ0v) is 18.7. The maximum Gasteiger partial charge on any atom is 0.338 e. The maximum atomic E-state index is 12.9. The van der Waals surface area contributed by atoms with Crippen molar-refractivity contribution in [3.05, 3.63) is 60.2 Å². The second kappa shape index (κ2) is 11.6. The smallest absolute Gasteiger partial charge is 0.338 e. The van der Waals surface area contributed by atoms with Crippen LogP contribution in [0.1, 0.15) is 36.0 Å². The minimum atomic E-state index is -3.68. The molecule has 32 heavy (non-hydrogen) atoms. The van der Waals surface area contributed by atoms with Gasteiger partial charge in [-0.05, 0) is 43.2 Å². The number of ether oxygens (including phenoxy) is 2. The normalized spacial score (nSPS) is 14.9. The lowest BCUT2D eigenvalue weighted by Gasteiger charge is -2.20. The first-order valence-corrected chi connectivity index (χ1v) is 12.1. The van der Waals surface area contributed by atoms with Crippen LogP contribution < -0.4 is 10.1 Å². The Kier molecular flexibility index (Phi) is 8.64. The molecule has 1 N–H and O–H groups in total. The summed E-state index contributed by atoms with van der Waals surface area (Å²) >= 11 is 0. The van der Waals surface area contributed by atoms with E-state index in [4.69, 9.17) is 9.47 Å². The summed E-state index contributed by atoms with van der Waals surface area (Å²) < 4.78 is 37.8. The average molecular weight is 461 g/mol. The first-order chi connectivity index (χ1) is 15.5. The van der Waals surface area contributed by atoms with Crippen molar-refractivity contribution < 1.29 is 27.5 Å². The number of hydrogen-bond acceptors (Lipinski definition) is 6. The van der Waals surface area contributed by atoms with E-state index in [1.807, 2.05) is 30.3 Å². The molecule has 0 atom stereocenters. The summed E-state index contributed by atoms with van der Waals surface area (Å²) in [4.78, 5) is 24.3. The highest BCUT2D eigenvalue weighted by atomic mass is 32.2. The van der Waals surface area contributed by atoms with E-state index in [0.29, 0.717) is 18.8 Å². The number of hydrogen-bond donors (Lipinski definition) is 1. The molecule has 0 saturated carbocycles. The van der Waals surface area contributed by atoms with Gasteiger partial charge in [0.05, 0.1) is 17.0 Å². The second-order valence-corrected chi connectivity index (χ2v) is 9.37. The largest absolute Gasteiger partial charge is 0.492 e. The number of nitrogens with zero attached hydrogens (tertiary/aromatic N) is 1. The van der Waals surface area contributed by atoms with Gasteiger partial charge in [-0.25, -0.2) is 13.2 Å². The van der Waals surface area contributed by atoms with Gasteiger partial charge in [-0.2, -0.15) is 4.31 Å². The van der Waals surface area contributed by atoms with Crippen molar-refractivity contribution in [3.8, 4) is 5.75 Å². The summed E-state index contributed by atoms with van der Waals surface area (Å²) in [5, 5.41) is 2.60. The Balaban J connectivity index is 1.48.